The van der Waals surface area contributed by atoms with Crippen molar-refractivity contribution < 1.29 is 14.3 Å². The molecule has 1 heterocycles. The zero-order valence-electron chi connectivity index (χ0n) is 12.4. The molecule has 2 rings (SSSR count). The van der Waals surface area contributed by atoms with E-state index in [-0.39, 0.29) is 24.3 Å². The fourth-order valence-corrected chi connectivity index (χ4v) is 2.90. The third-order valence-electron chi connectivity index (χ3n) is 3.45. The molecule has 1 atom stereocenters. The van der Waals surface area contributed by atoms with Crippen molar-refractivity contribution >= 4 is 35.0 Å². The van der Waals surface area contributed by atoms with Crippen molar-refractivity contribution in [2.24, 2.45) is 5.92 Å². The number of rotatable bonds is 4. The number of halogens is 2. The number of ether oxygens (including phenoxy) is 1. The Balaban J connectivity index is 2.03. The van der Waals surface area contributed by atoms with Gasteiger partial charge < -0.3 is 15.0 Å². The van der Waals surface area contributed by atoms with Crippen LogP contribution in [0, 0.1) is 5.92 Å². The van der Waals surface area contributed by atoms with Crippen molar-refractivity contribution in [1.82, 2.24) is 10.2 Å². The van der Waals surface area contributed by atoms with Gasteiger partial charge in [0, 0.05) is 18.1 Å². The van der Waals surface area contributed by atoms with Crippen LogP contribution < -0.4 is 10.1 Å². The lowest BCUT2D eigenvalue weighted by molar-refractivity contribution is -0.146. The lowest BCUT2D eigenvalue weighted by atomic mass is 9.99. The van der Waals surface area contributed by atoms with E-state index in [1.165, 1.54) is 0 Å². The summed E-state index contributed by atoms with van der Waals surface area (Å²) in [5.41, 5.74) is 0. The first-order valence-corrected chi connectivity index (χ1v) is 7.80. The highest BCUT2D eigenvalue weighted by molar-refractivity contribution is 6.35. The summed E-state index contributed by atoms with van der Waals surface area (Å²) >= 11 is 11.8. The number of hydrogen-bond acceptors (Lipinski definition) is 3. The standard InChI is InChI=1S/C15H18Cl2N2O3/c1-9(2)14-15(21)18-5-6-19(14)13(20)8-22-12-4-3-10(16)7-11(12)17/h3-4,7,9,14H,5-6,8H2,1-2H3,(H,18,21). The molecule has 0 bridgehead atoms. The second-order valence-electron chi connectivity index (χ2n) is 5.43. The Morgan fingerprint density at radius 2 is 2.18 bits per heavy atom. The summed E-state index contributed by atoms with van der Waals surface area (Å²) in [5.74, 6) is 0.0593. The van der Waals surface area contributed by atoms with Crippen molar-refractivity contribution in [3.05, 3.63) is 28.2 Å². The number of amides is 2. The van der Waals surface area contributed by atoms with Crippen LogP contribution in [0.2, 0.25) is 10.0 Å². The van der Waals surface area contributed by atoms with Gasteiger partial charge in [0.05, 0.1) is 5.02 Å². The first-order chi connectivity index (χ1) is 10.4. The fourth-order valence-electron chi connectivity index (χ4n) is 2.44. The van der Waals surface area contributed by atoms with Crippen molar-refractivity contribution in [3.63, 3.8) is 0 Å². The minimum atomic E-state index is -0.467. The monoisotopic (exact) mass is 344 g/mol. The molecule has 0 aliphatic carbocycles. The summed E-state index contributed by atoms with van der Waals surface area (Å²) in [7, 11) is 0. The number of nitrogens with zero attached hydrogens (tertiary/aromatic N) is 1. The summed E-state index contributed by atoms with van der Waals surface area (Å²) in [4.78, 5) is 25.9. The molecule has 1 N–H and O–H groups in total. The molecule has 0 radical (unpaired) electrons. The summed E-state index contributed by atoms with van der Waals surface area (Å²) in [6.07, 6.45) is 0. The minimum Gasteiger partial charge on any atom is -0.482 e. The van der Waals surface area contributed by atoms with Gasteiger partial charge in [-0.05, 0) is 24.1 Å². The molecule has 0 spiro atoms. The Morgan fingerprint density at radius 1 is 1.45 bits per heavy atom. The van der Waals surface area contributed by atoms with Crippen molar-refractivity contribution in [2.75, 3.05) is 19.7 Å². The number of benzene rings is 1. The summed E-state index contributed by atoms with van der Waals surface area (Å²) < 4.78 is 5.46. The molecule has 2 amide bonds. The van der Waals surface area contributed by atoms with Gasteiger partial charge in [0.15, 0.2) is 6.61 Å². The van der Waals surface area contributed by atoms with E-state index >= 15 is 0 Å². The number of nitrogens with one attached hydrogen (secondary N) is 1. The highest BCUT2D eigenvalue weighted by Gasteiger charge is 2.35. The van der Waals surface area contributed by atoms with E-state index < -0.39 is 6.04 Å². The average Bonchev–Trinajstić information content (AvgIpc) is 2.45. The molecule has 120 valence electrons. The van der Waals surface area contributed by atoms with E-state index in [2.05, 4.69) is 5.32 Å². The molecule has 0 aromatic heterocycles. The predicted molar refractivity (Wildman–Crippen MR) is 85.3 cm³/mol. The minimum absolute atomic E-state index is 0.0309. The zero-order chi connectivity index (χ0) is 16.3. The molecule has 0 saturated carbocycles. The molecular weight excluding hydrogens is 327 g/mol. The third kappa shape index (κ3) is 3.84. The third-order valence-corrected chi connectivity index (χ3v) is 3.98. The largest absolute Gasteiger partial charge is 0.482 e. The van der Waals surface area contributed by atoms with E-state index in [0.29, 0.717) is 28.9 Å². The normalized spacial score (nSPS) is 18.3. The number of carbonyl (C=O) groups excluding carboxylic acids is 2. The Morgan fingerprint density at radius 3 is 2.82 bits per heavy atom. The van der Waals surface area contributed by atoms with Crippen molar-refractivity contribution in [3.8, 4) is 5.75 Å². The topological polar surface area (TPSA) is 58.6 Å². The highest BCUT2D eigenvalue weighted by Crippen LogP contribution is 2.27. The molecule has 1 fully saturated rings. The van der Waals surface area contributed by atoms with Gasteiger partial charge in [0.1, 0.15) is 11.8 Å². The summed E-state index contributed by atoms with van der Waals surface area (Å²) in [6, 6.07) is 4.33. The average molecular weight is 345 g/mol. The van der Waals surface area contributed by atoms with Crippen LogP contribution in [-0.2, 0) is 9.59 Å². The second-order valence-corrected chi connectivity index (χ2v) is 6.27. The van der Waals surface area contributed by atoms with Gasteiger partial charge in [-0.1, -0.05) is 37.0 Å². The number of carbonyl (C=O) groups is 2. The van der Waals surface area contributed by atoms with Gasteiger partial charge in [-0.3, -0.25) is 9.59 Å². The molecule has 5 nitrogen and oxygen atoms in total. The van der Waals surface area contributed by atoms with Crippen LogP contribution in [0.1, 0.15) is 13.8 Å². The van der Waals surface area contributed by atoms with Gasteiger partial charge in [0.2, 0.25) is 5.91 Å². The van der Waals surface area contributed by atoms with Gasteiger partial charge in [-0.15, -0.1) is 0 Å². The van der Waals surface area contributed by atoms with Gasteiger partial charge in [-0.2, -0.15) is 0 Å². The fraction of sp³-hybridized carbons (Fsp3) is 0.467. The van der Waals surface area contributed by atoms with E-state index in [1.807, 2.05) is 13.8 Å². The maximum absolute atomic E-state index is 12.4. The van der Waals surface area contributed by atoms with Crippen LogP contribution in [0.3, 0.4) is 0 Å². The van der Waals surface area contributed by atoms with E-state index in [0.717, 1.165) is 0 Å². The van der Waals surface area contributed by atoms with Crippen LogP contribution in [0.25, 0.3) is 0 Å². The molecule has 1 aliphatic heterocycles. The second kappa shape index (κ2) is 7.20. The molecule has 1 aliphatic rings. The van der Waals surface area contributed by atoms with Crippen LogP contribution in [0.5, 0.6) is 5.75 Å². The molecule has 1 saturated heterocycles. The first-order valence-electron chi connectivity index (χ1n) is 7.05. The lowest BCUT2D eigenvalue weighted by Crippen LogP contribution is -2.60. The lowest BCUT2D eigenvalue weighted by Gasteiger charge is -2.37. The van der Waals surface area contributed by atoms with E-state index in [1.54, 1.807) is 23.1 Å². The van der Waals surface area contributed by atoms with Gasteiger partial charge in [0.25, 0.3) is 5.91 Å². The molecule has 1 aromatic carbocycles. The zero-order valence-corrected chi connectivity index (χ0v) is 13.9. The quantitative estimate of drug-likeness (QED) is 0.911. The predicted octanol–water partition coefficient (Wildman–Crippen LogP) is 2.36. The Hall–Kier alpha value is -1.46. The Bertz CT molecular complexity index is 578. The maximum Gasteiger partial charge on any atom is 0.261 e. The van der Waals surface area contributed by atoms with Crippen LogP contribution in [-0.4, -0.2) is 42.5 Å². The molecule has 7 heteroatoms. The van der Waals surface area contributed by atoms with Crippen LogP contribution in [0.15, 0.2) is 18.2 Å². The van der Waals surface area contributed by atoms with Crippen molar-refractivity contribution in [2.45, 2.75) is 19.9 Å². The summed E-state index contributed by atoms with van der Waals surface area (Å²) in [6.45, 7) is 4.58. The maximum atomic E-state index is 12.4. The number of piperazine rings is 1. The van der Waals surface area contributed by atoms with Crippen LogP contribution in [0.4, 0.5) is 0 Å². The Kier molecular flexibility index (Phi) is 5.53. The van der Waals surface area contributed by atoms with Gasteiger partial charge >= 0.3 is 0 Å². The van der Waals surface area contributed by atoms with Gasteiger partial charge in [-0.25, -0.2) is 0 Å². The smallest absolute Gasteiger partial charge is 0.261 e. The highest BCUT2D eigenvalue weighted by atomic mass is 35.5. The molecule has 1 aromatic rings. The van der Waals surface area contributed by atoms with E-state index in [9.17, 15) is 9.59 Å². The first kappa shape index (κ1) is 16.9. The van der Waals surface area contributed by atoms with Crippen LogP contribution >= 0.6 is 23.2 Å². The summed E-state index contributed by atoms with van der Waals surface area (Å²) in [5, 5.41) is 3.62. The SMILES string of the molecule is CC(C)C1C(=O)NCCN1C(=O)COc1ccc(Cl)cc1Cl. The van der Waals surface area contributed by atoms with Crippen molar-refractivity contribution in [1.29, 1.82) is 0 Å². The Labute approximate surface area is 139 Å². The molecular formula is C15H18Cl2N2O3. The molecule has 22 heavy (non-hydrogen) atoms. The number of hydrogen-bond donors (Lipinski definition) is 1. The van der Waals surface area contributed by atoms with E-state index in [4.69, 9.17) is 27.9 Å². The molecule has 1 unspecified atom stereocenters.